The molecule has 202 valence electrons. The topological polar surface area (TPSA) is 83.4 Å². The molecule has 2 N–H and O–H groups in total. The summed E-state index contributed by atoms with van der Waals surface area (Å²) in [7, 11) is 0. The Bertz CT molecular complexity index is 1690. The van der Waals surface area contributed by atoms with Crippen LogP contribution < -0.4 is 21.1 Å². The molecule has 7 nitrogen and oxygen atoms in total. The summed E-state index contributed by atoms with van der Waals surface area (Å²) in [5.74, 6) is -0.917. The minimum absolute atomic E-state index is 0.0206. The van der Waals surface area contributed by atoms with Gasteiger partial charge in [0.15, 0.2) is 0 Å². The standard InChI is InChI=1S/C31H26BrFN4O3/c32-23-7-2-1-6-22(23)31(40)35-26-15-20(30(39)34-25-9-4-3-8-24(25)33)12-13-28(26)36-16-19-14-21(18-36)27-10-5-11-29(38)37(27)17-19/h1-13,15,19,21H,14,16-18H2,(H,34,39)(H,35,40). The van der Waals surface area contributed by atoms with Crippen LogP contribution in [-0.2, 0) is 6.54 Å². The molecule has 9 heteroatoms. The van der Waals surface area contributed by atoms with Crippen molar-refractivity contribution in [3.8, 4) is 0 Å². The van der Waals surface area contributed by atoms with E-state index in [9.17, 15) is 18.8 Å². The predicted octanol–water partition coefficient (Wildman–Crippen LogP) is 5.88. The first-order chi connectivity index (χ1) is 19.4. The second-order valence-corrected chi connectivity index (χ2v) is 11.1. The zero-order valence-electron chi connectivity index (χ0n) is 21.4. The van der Waals surface area contributed by atoms with Crippen molar-refractivity contribution in [1.29, 1.82) is 0 Å². The van der Waals surface area contributed by atoms with Crippen LogP contribution in [0.15, 0.2) is 94.2 Å². The molecule has 2 unspecified atom stereocenters. The Kier molecular flexibility index (Phi) is 6.98. The van der Waals surface area contributed by atoms with Crippen molar-refractivity contribution < 1.29 is 14.0 Å². The fourth-order valence-corrected chi connectivity index (χ4v) is 6.20. The molecule has 2 atom stereocenters. The molecule has 0 aliphatic carbocycles. The predicted molar refractivity (Wildman–Crippen MR) is 157 cm³/mol. The summed E-state index contributed by atoms with van der Waals surface area (Å²) in [4.78, 5) is 41.1. The van der Waals surface area contributed by atoms with Gasteiger partial charge in [-0.2, -0.15) is 0 Å². The number of amides is 2. The summed E-state index contributed by atoms with van der Waals surface area (Å²) in [6.07, 6.45) is 0.988. The number of nitrogens with one attached hydrogen (secondary N) is 2. The lowest BCUT2D eigenvalue weighted by molar-refractivity contribution is 0.101. The van der Waals surface area contributed by atoms with Crippen molar-refractivity contribution >= 4 is 44.8 Å². The number of anilines is 3. The van der Waals surface area contributed by atoms with E-state index in [1.165, 1.54) is 12.1 Å². The van der Waals surface area contributed by atoms with E-state index in [2.05, 4.69) is 31.5 Å². The van der Waals surface area contributed by atoms with E-state index in [0.29, 0.717) is 35.4 Å². The van der Waals surface area contributed by atoms with E-state index in [4.69, 9.17) is 0 Å². The molecule has 3 heterocycles. The zero-order chi connectivity index (χ0) is 27.8. The van der Waals surface area contributed by atoms with E-state index in [1.54, 1.807) is 54.6 Å². The number of nitrogens with zero attached hydrogens (tertiary/aromatic N) is 2. The van der Waals surface area contributed by atoms with E-state index in [1.807, 2.05) is 22.8 Å². The van der Waals surface area contributed by atoms with Crippen LogP contribution in [0.25, 0.3) is 0 Å². The van der Waals surface area contributed by atoms with E-state index in [-0.39, 0.29) is 34.6 Å². The summed E-state index contributed by atoms with van der Waals surface area (Å²) in [5.41, 5.74) is 3.12. The van der Waals surface area contributed by atoms with Crippen LogP contribution in [0, 0.1) is 11.7 Å². The number of aromatic nitrogens is 1. The average Bonchev–Trinajstić information content (AvgIpc) is 2.95. The first-order valence-electron chi connectivity index (χ1n) is 13.1. The summed E-state index contributed by atoms with van der Waals surface area (Å²) >= 11 is 3.44. The first kappa shape index (κ1) is 26.0. The fraction of sp³-hybridized carbons (Fsp3) is 0.194. The molecular formula is C31H26BrFN4O3. The highest BCUT2D eigenvalue weighted by molar-refractivity contribution is 9.10. The maximum absolute atomic E-state index is 14.2. The van der Waals surface area contributed by atoms with Gasteiger partial charge in [-0.3, -0.25) is 14.4 Å². The number of carbonyl (C=O) groups is 2. The van der Waals surface area contributed by atoms with Gasteiger partial charge in [-0.1, -0.05) is 30.3 Å². The third-order valence-corrected chi connectivity index (χ3v) is 8.26. The fourth-order valence-electron chi connectivity index (χ4n) is 5.74. The van der Waals surface area contributed by atoms with Crippen molar-refractivity contribution in [3.63, 3.8) is 0 Å². The van der Waals surface area contributed by atoms with Gasteiger partial charge < -0.3 is 20.1 Å². The third-order valence-electron chi connectivity index (χ3n) is 7.57. The molecule has 2 aliphatic heterocycles. The Hall–Kier alpha value is -4.24. The quantitative estimate of drug-likeness (QED) is 0.300. The third kappa shape index (κ3) is 5.04. The summed E-state index contributed by atoms with van der Waals surface area (Å²) < 4.78 is 16.7. The number of rotatable bonds is 5. The van der Waals surface area contributed by atoms with Crippen LogP contribution in [-0.4, -0.2) is 29.5 Å². The number of piperidine rings is 1. The summed E-state index contributed by atoms with van der Waals surface area (Å²) in [6.45, 7) is 2.01. The SMILES string of the molecule is O=C(Nc1ccccc1F)c1ccc(N2CC3CC(C2)c2cccc(=O)n2C3)c(NC(=O)c2ccccc2Br)c1. The number of benzene rings is 3. The monoisotopic (exact) mass is 600 g/mol. The largest absolute Gasteiger partial charge is 0.369 e. The Balaban J connectivity index is 1.34. The number of halogens is 2. The maximum Gasteiger partial charge on any atom is 0.256 e. The van der Waals surface area contributed by atoms with Gasteiger partial charge in [0, 0.05) is 47.3 Å². The van der Waals surface area contributed by atoms with Gasteiger partial charge in [0.25, 0.3) is 17.4 Å². The normalized spacial score (nSPS) is 17.6. The van der Waals surface area contributed by atoms with Crippen molar-refractivity contribution in [2.75, 3.05) is 28.6 Å². The van der Waals surface area contributed by atoms with E-state index in [0.717, 1.165) is 17.8 Å². The van der Waals surface area contributed by atoms with Crippen molar-refractivity contribution in [2.45, 2.75) is 18.9 Å². The Morgan fingerprint density at radius 2 is 1.60 bits per heavy atom. The number of para-hydroxylation sites is 1. The smallest absolute Gasteiger partial charge is 0.256 e. The van der Waals surface area contributed by atoms with Crippen LogP contribution in [0.2, 0.25) is 0 Å². The van der Waals surface area contributed by atoms with Crippen LogP contribution in [0.1, 0.15) is 38.7 Å². The van der Waals surface area contributed by atoms with Gasteiger partial charge in [0.1, 0.15) is 5.82 Å². The summed E-state index contributed by atoms with van der Waals surface area (Å²) in [6, 6.07) is 23.6. The van der Waals surface area contributed by atoms with Gasteiger partial charge >= 0.3 is 0 Å². The van der Waals surface area contributed by atoms with Crippen LogP contribution >= 0.6 is 15.9 Å². The molecule has 1 aromatic heterocycles. The van der Waals surface area contributed by atoms with Crippen LogP contribution in [0.3, 0.4) is 0 Å². The lowest BCUT2D eigenvalue weighted by Gasteiger charge is -2.44. The molecular weight excluding hydrogens is 575 g/mol. The lowest BCUT2D eigenvalue weighted by atomic mass is 9.83. The van der Waals surface area contributed by atoms with E-state index >= 15 is 0 Å². The zero-order valence-corrected chi connectivity index (χ0v) is 23.0. The number of hydrogen-bond donors (Lipinski definition) is 2. The number of fused-ring (bicyclic) bond motifs is 4. The molecule has 6 rings (SSSR count). The number of carbonyl (C=O) groups excluding carboxylic acids is 2. The van der Waals surface area contributed by atoms with Gasteiger partial charge in [-0.25, -0.2) is 4.39 Å². The highest BCUT2D eigenvalue weighted by atomic mass is 79.9. The molecule has 40 heavy (non-hydrogen) atoms. The molecule has 1 fully saturated rings. The Morgan fingerprint density at radius 3 is 2.42 bits per heavy atom. The molecule has 4 aromatic rings. The average molecular weight is 601 g/mol. The van der Waals surface area contributed by atoms with Gasteiger partial charge in [0.2, 0.25) is 0 Å². The van der Waals surface area contributed by atoms with E-state index < -0.39 is 11.7 Å². The maximum atomic E-state index is 14.2. The highest BCUT2D eigenvalue weighted by Gasteiger charge is 2.35. The second kappa shape index (κ2) is 10.7. The first-order valence-corrected chi connectivity index (χ1v) is 13.9. The molecule has 2 bridgehead atoms. The van der Waals surface area contributed by atoms with Crippen LogP contribution in [0.4, 0.5) is 21.5 Å². The molecule has 0 saturated carbocycles. The van der Waals surface area contributed by atoms with Crippen molar-refractivity contribution in [1.82, 2.24) is 4.57 Å². The molecule has 0 spiro atoms. The number of pyridine rings is 1. The number of hydrogen-bond acceptors (Lipinski definition) is 4. The Morgan fingerprint density at radius 1 is 0.825 bits per heavy atom. The molecule has 2 aliphatic rings. The van der Waals surface area contributed by atoms with Crippen molar-refractivity contribution in [2.24, 2.45) is 5.92 Å². The Labute approximate surface area is 238 Å². The molecule has 3 aromatic carbocycles. The minimum Gasteiger partial charge on any atom is -0.369 e. The lowest BCUT2D eigenvalue weighted by Crippen LogP contribution is -2.47. The minimum atomic E-state index is -0.533. The molecule has 1 saturated heterocycles. The van der Waals surface area contributed by atoms with Gasteiger partial charge in [-0.15, -0.1) is 0 Å². The van der Waals surface area contributed by atoms with Crippen LogP contribution in [0.5, 0.6) is 0 Å². The second-order valence-electron chi connectivity index (χ2n) is 10.2. The highest BCUT2D eigenvalue weighted by Crippen LogP contribution is 2.39. The van der Waals surface area contributed by atoms with Gasteiger partial charge in [0.05, 0.1) is 22.6 Å². The van der Waals surface area contributed by atoms with Crippen molar-refractivity contribution in [3.05, 3.63) is 122 Å². The molecule has 2 amide bonds. The molecule has 0 radical (unpaired) electrons. The summed E-state index contributed by atoms with van der Waals surface area (Å²) in [5, 5.41) is 5.62. The van der Waals surface area contributed by atoms with Gasteiger partial charge in [-0.05, 0) is 76.8 Å².